The van der Waals surface area contributed by atoms with Crippen LogP contribution in [0.25, 0.3) is 22.1 Å². The molecule has 0 aliphatic heterocycles. The van der Waals surface area contributed by atoms with Crippen molar-refractivity contribution in [3.8, 4) is 0 Å². The lowest BCUT2D eigenvalue weighted by Crippen LogP contribution is -1.97. The molecule has 0 aliphatic carbocycles. The van der Waals surface area contributed by atoms with Gasteiger partial charge in [0.2, 0.25) is 0 Å². The molecule has 0 saturated carbocycles. The lowest BCUT2D eigenvalue weighted by molar-refractivity contribution is 1.21. The molecular formula is C15H16N4. The Morgan fingerprint density at radius 3 is 2.47 bits per heavy atom. The molecule has 0 saturated heterocycles. The minimum Gasteiger partial charge on any atom is -0.398 e. The summed E-state index contributed by atoms with van der Waals surface area (Å²) in [5, 5.41) is 3.28. The summed E-state index contributed by atoms with van der Waals surface area (Å²) in [5.41, 5.74) is 12.3. The Balaban J connectivity index is 2.26. The SMILES string of the molecule is CCNc1ccc2nc3cc(C)c(N)cc3nc2c1. The van der Waals surface area contributed by atoms with Gasteiger partial charge < -0.3 is 11.1 Å². The third-order valence-corrected chi connectivity index (χ3v) is 3.20. The quantitative estimate of drug-likeness (QED) is 0.543. The summed E-state index contributed by atoms with van der Waals surface area (Å²) in [6, 6.07) is 9.90. The molecule has 0 bridgehead atoms. The van der Waals surface area contributed by atoms with E-state index in [-0.39, 0.29) is 0 Å². The number of benzene rings is 2. The first-order valence-electron chi connectivity index (χ1n) is 6.39. The van der Waals surface area contributed by atoms with Crippen molar-refractivity contribution in [3.05, 3.63) is 35.9 Å². The molecule has 0 radical (unpaired) electrons. The lowest BCUT2D eigenvalue weighted by Gasteiger charge is -2.07. The number of aryl methyl sites for hydroxylation is 1. The second kappa shape index (κ2) is 4.39. The van der Waals surface area contributed by atoms with E-state index < -0.39 is 0 Å². The molecule has 19 heavy (non-hydrogen) atoms. The number of nitrogens with zero attached hydrogens (tertiary/aromatic N) is 2. The lowest BCUT2D eigenvalue weighted by atomic mass is 10.1. The van der Waals surface area contributed by atoms with Crippen molar-refractivity contribution in [1.29, 1.82) is 0 Å². The maximum absolute atomic E-state index is 5.93. The molecule has 0 aliphatic rings. The first kappa shape index (κ1) is 11.7. The van der Waals surface area contributed by atoms with Crippen LogP contribution in [0.15, 0.2) is 30.3 Å². The zero-order chi connectivity index (χ0) is 13.4. The van der Waals surface area contributed by atoms with Crippen molar-refractivity contribution in [2.45, 2.75) is 13.8 Å². The van der Waals surface area contributed by atoms with E-state index in [0.29, 0.717) is 0 Å². The first-order valence-corrected chi connectivity index (χ1v) is 6.39. The summed E-state index contributed by atoms with van der Waals surface area (Å²) in [6.07, 6.45) is 0. The van der Waals surface area contributed by atoms with Crippen LogP contribution in [0.4, 0.5) is 11.4 Å². The highest BCUT2D eigenvalue weighted by atomic mass is 14.9. The Morgan fingerprint density at radius 2 is 1.68 bits per heavy atom. The van der Waals surface area contributed by atoms with Gasteiger partial charge in [0.25, 0.3) is 0 Å². The highest BCUT2D eigenvalue weighted by molar-refractivity contribution is 5.89. The Bertz CT molecular complexity index is 765. The number of aromatic nitrogens is 2. The van der Waals surface area contributed by atoms with Gasteiger partial charge >= 0.3 is 0 Å². The number of nitrogen functional groups attached to an aromatic ring is 1. The van der Waals surface area contributed by atoms with Crippen LogP contribution in [0, 0.1) is 6.92 Å². The van der Waals surface area contributed by atoms with E-state index in [1.54, 1.807) is 0 Å². The molecule has 4 heteroatoms. The number of hydrogen-bond acceptors (Lipinski definition) is 4. The van der Waals surface area contributed by atoms with Crippen LogP contribution in [0.3, 0.4) is 0 Å². The fourth-order valence-electron chi connectivity index (χ4n) is 2.16. The smallest absolute Gasteiger partial charge is 0.0915 e. The Morgan fingerprint density at radius 1 is 1.00 bits per heavy atom. The van der Waals surface area contributed by atoms with Gasteiger partial charge in [-0.15, -0.1) is 0 Å². The number of hydrogen-bond donors (Lipinski definition) is 2. The van der Waals surface area contributed by atoms with Gasteiger partial charge in [0, 0.05) is 17.9 Å². The third kappa shape index (κ3) is 2.05. The van der Waals surface area contributed by atoms with E-state index in [1.165, 1.54) is 0 Å². The molecule has 0 fully saturated rings. The summed E-state index contributed by atoms with van der Waals surface area (Å²) in [5.74, 6) is 0. The van der Waals surface area contributed by atoms with Gasteiger partial charge in [-0.2, -0.15) is 0 Å². The molecule has 2 aromatic carbocycles. The monoisotopic (exact) mass is 252 g/mol. The number of nitrogens with two attached hydrogens (primary N) is 1. The van der Waals surface area contributed by atoms with Gasteiger partial charge in [0.15, 0.2) is 0 Å². The summed E-state index contributed by atoms with van der Waals surface area (Å²) in [6.45, 7) is 4.94. The van der Waals surface area contributed by atoms with Crippen LogP contribution in [0.2, 0.25) is 0 Å². The summed E-state index contributed by atoms with van der Waals surface area (Å²) < 4.78 is 0. The first-order chi connectivity index (χ1) is 9.17. The molecule has 0 amide bonds. The maximum atomic E-state index is 5.93. The van der Waals surface area contributed by atoms with Crippen molar-refractivity contribution in [1.82, 2.24) is 9.97 Å². The van der Waals surface area contributed by atoms with E-state index in [1.807, 2.05) is 37.3 Å². The molecular weight excluding hydrogens is 236 g/mol. The van der Waals surface area contributed by atoms with Crippen molar-refractivity contribution >= 4 is 33.4 Å². The second-order valence-corrected chi connectivity index (χ2v) is 4.65. The topological polar surface area (TPSA) is 63.8 Å². The van der Waals surface area contributed by atoms with E-state index in [9.17, 15) is 0 Å². The molecule has 1 heterocycles. The van der Waals surface area contributed by atoms with E-state index >= 15 is 0 Å². The van der Waals surface area contributed by atoms with Gasteiger partial charge in [0.1, 0.15) is 0 Å². The Labute approximate surface area is 111 Å². The van der Waals surface area contributed by atoms with Crippen molar-refractivity contribution in [2.75, 3.05) is 17.6 Å². The van der Waals surface area contributed by atoms with E-state index in [2.05, 4.69) is 22.2 Å². The molecule has 3 N–H and O–H groups in total. The highest BCUT2D eigenvalue weighted by Gasteiger charge is 2.05. The molecule has 0 atom stereocenters. The number of rotatable bonds is 2. The number of nitrogens with one attached hydrogen (secondary N) is 1. The zero-order valence-electron chi connectivity index (χ0n) is 11.1. The molecule has 96 valence electrons. The molecule has 3 aromatic rings. The average molecular weight is 252 g/mol. The standard InChI is InChI=1S/C15H16N4/c1-3-17-10-4-5-12-14(7-10)19-15-8-11(16)9(2)6-13(15)18-12/h4-8,17H,3,16H2,1-2H3. The molecule has 1 aromatic heterocycles. The van der Waals surface area contributed by atoms with Crippen LogP contribution < -0.4 is 11.1 Å². The normalized spacial score (nSPS) is 11.1. The Hall–Kier alpha value is -2.36. The summed E-state index contributed by atoms with van der Waals surface area (Å²) in [4.78, 5) is 9.28. The Kier molecular flexibility index (Phi) is 2.71. The molecule has 0 spiro atoms. The third-order valence-electron chi connectivity index (χ3n) is 3.20. The van der Waals surface area contributed by atoms with Gasteiger partial charge in [-0.25, -0.2) is 9.97 Å². The van der Waals surface area contributed by atoms with Gasteiger partial charge in [0.05, 0.1) is 22.1 Å². The number of fused-ring (bicyclic) bond motifs is 2. The summed E-state index contributed by atoms with van der Waals surface area (Å²) in [7, 11) is 0. The maximum Gasteiger partial charge on any atom is 0.0915 e. The van der Waals surface area contributed by atoms with Crippen molar-refractivity contribution in [2.24, 2.45) is 0 Å². The van der Waals surface area contributed by atoms with Crippen LogP contribution in [-0.2, 0) is 0 Å². The fourth-order valence-corrected chi connectivity index (χ4v) is 2.16. The fraction of sp³-hybridized carbons (Fsp3) is 0.200. The van der Waals surface area contributed by atoms with Gasteiger partial charge in [-0.3, -0.25) is 0 Å². The minimum atomic E-state index is 0.754. The largest absolute Gasteiger partial charge is 0.398 e. The van der Waals surface area contributed by atoms with Crippen LogP contribution in [0.1, 0.15) is 12.5 Å². The second-order valence-electron chi connectivity index (χ2n) is 4.65. The predicted octanol–water partition coefficient (Wildman–Crippen LogP) is 3.11. The van der Waals surface area contributed by atoms with Crippen LogP contribution >= 0.6 is 0 Å². The van der Waals surface area contributed by atoms with Gasteiger partial charge in [-0.1, -0.05) is 0 Å². The zero-order valence-corrected chi connectivity index (χ0v) is 11.1. The van der Waals surface area contributed by atoms with E-state index in [0.717, 1.165) is 45.5 Å². The molecule has 0 unspecified atom stereocenters. The number of anilines is 2. The highest BCUT2D eigenvalue weighted by Crippen LogP contribution is 2.23. The molecule has 4 nitrogen and oxygen atoms in total. The van der Waals surface area contributed by atoms with Crippen molar-refractivity contribution in [3.63, 3.8) is 0 Å². The predicted molar refractivity (Wildman–Crippen MR) is 80.4 cm³/mol. The average Bonchev–Trinajstić information content (AvgIpc) is 2.38. The van der Waals surface area contributed by atoms with Crippen LogP contribution in [0.5, 0.6) is 0 Å². The minimum absolute atomic E-state index is 0.754. The summed E-state index contributed by atoms with van der Waals surface area (Å²) >= 11 is 0. The van der Waals surface area contributed by atoms with E-state index in [4.69, 9.17) is 5.73 Å². The van der Waals surface area contributed by atoms with Crippen molar-refractivity contribution < 1.29 is 0 Å². The van der Waals surface area contributed by atoms with Crippen LogP contribution in [-0.4, -0.2) is 16.5 Å². The van der Waals surface area contributed by atoms with Gasteiger partial charge in [-0.05, 0) is 49.7 Å². The molecule has 3 rings (SSSR count).